The zero-order valence-corrected chi connectivity index (χ0v) is 15.2. The molecule has 1 aromatic carbocycles. The lowest BCUT2D eigenvalue weighted by atomic mass is 10.0. The molecule has 1 saturated heterocycles. The molecule has 3 rings (SSSR count). The smallest absolute Gasteiger partial charge is 0.258 e. The highest BCUT2D eigenvalue weighted by Gasteiger charge is 2.23. The largest absolute Gasteiger partial charge is 0.493 e. The van der Waals surface area contributed by atoms with Crippen LogP contribution in [0.2, 0.25) is 0 Å². The predicted molar refractivity (Wildman–Crippen MR) is 98.5 cm³/mol. The number of amides is 2. The Balaban J connectivity index is 1.51. The standard InChI is InChI=1S/C19H27N3O4/c1-25-16-6-5-15(22-18(23)7-2-13-8-9-20-11-13)10-17(16)26-12-19(24)21-14-3-4-14/h5-6,10,13-14,20H,2-4,7-9,11-12H2,1H3,(H,21,24)(H,22,23). The van der Waals surface area contributed by atoms with E-state index in [-0.39, 0.29) is 18.4 Å². The molecule has 0 spiro atoms. The van der Waals surface area contributed by atoms with Gasteiger partial charge in [0.1, 0.15) is 0 Å². The predicted octanol–water partition coefficient (Wildman–Crippen LogP) is 1.68. The van der Waals surface area contributed by atoms with Gasteiger partial charge in [0, 0.05) is 24.2 Å². The molecular weight excluding hydrogens is 334 g/mol. The van der Waals surface area contributed by atoms with E-state index in [0.717, 1.165) is 38.8 Å². The van der Waals surface area contributed by atoms with E-state index in [0.29, 0.717) is 35.6 Å². The molecule has 1 aliphatic heterocycles. The maximum atomic E-state index is 12.2. The number of rotatable bonds is 9. The Kier molecular flexibility index (Phi) is 6.33. The fourth-order valence-electron chi connectivity index (χ4n) is 3.03. The van der Waals surface area contributed by atoms with Crippen LogP contribution in [-0.2, 0) is 9.59 Å². The van der Waals surface area contributed by atoms with Crippen molar-refractivity contribution in [1.29, 1.82) is 0 Å². The summed E-state index contributed by atoms with van der Waals surface area (Å²) in [5, 5.41) is 9.07. The lowest BCUT2D eigenvalue weighted by molar-refractivity contribution is -0.123. The number of hydrogen-bond acceptors (Lipinski definition) is 5. The zero-order chi connectivity index (χ0) is 18.4. The maximum absolute atomic E-state index is 12.2. The average molecular weight is 361 g/mol. The van der Waals surface area contributed by atoms with Crippen LogP contribution in [0.5, 0.6) is 11.5 Å². The Hall–Kier alpha value is -2.28. The summed E-state index contributed by atoms with van der Waals surface area (Å²) in [5.41, 5.74) is 0.637. The molecule has 7 heteroatoms. The second-order valence-corrected chi connectivity index (χ2v) is 6.94. The van der Waals surface area contributed by atoms with Gasteiger partial charge >= 0.3 is 0 Å². The van der Waals surface area contributed by atoms with Crippen LogP contribution in [-0.4, -0.2) is 44.7 Å². The van der Waals surface area contributed by atoms with Gasteiger partial charge < -0.3 is 25.4 Å². The Morgan fingerprint density at radius 1 is 1.19 bits per heavy atom. The van der Waals surface area contributed by atoms with Gasteiger partial charge in [-0.2, -0.15) is 0 Å². The third-order valence-corrected chi connectivity index (χ3v) is 4.69. The summed E-state index contributed by atoms with van der Waals surface area (Å²) in [5.74, 6) is 1.39. The van der Waals surface area contributed by atoms with Gasteiger partial charge in [0.25, 0.3) is 5.91 Å². The third kappa shape index (κ3) is 5.62. The summed E-state index contributed by atoms with van der Waals surface area (Å²) in [6.07, 6.45) is 4.59. The van der Waals surface area contributed by atoms with Crippen LogP contribution < -0.4 is 25.4 Å². The van der Waals surface area contributed by atoms with Gasteiger partial charge in [-0.1, -0.05) is 0 Å². The van der Waals surface area contributed by atoms with Gasteiger partial charge in [0.2, 0.25) is 5.91 Å². The first kappa shape index (κ1) is 18.5. The first-order valence-corrected chi connectivity index (χ1v) is 9.25. The molecular formula is C19H27N3O4. The molecule has 1 saturated carbocycles. The average Bonchev–Trinajstić information content (AvgIpc) is 3.29. The van der Waals surface area contributed by atoms with Crippen molar-refractivity contribution >= 4 is 17.5 Å². The van der Waals surface area contributed by atoms with E-state index >= 15 is 0 Å². The first-order chi connectivity index (χ1) is 12.6. The summed E-state index contributed by atoms with van der Waals surface area (Å²) < 4.78 is 10.9. The number of ether oxygens (including phenoxy) is 2. The van der Waals surface area contributed by atoms with Gasteiger partial charge in [-0.25, -0.2) is 0 Å². The molecule has 1 aromatic rings. The topological polar surface area (TPSA) is 88.7 Å². The Bertz CT molecular complexity index is 640. The Morgan fingerprint density at radius 2 is 2.04 bits per heavy atom. The van der Waals surface area contributed by atoms with E-state index in [1.54, 1.807) is 25.3 Å². The van der Waals surface area contributed by atoms with Crippen LogP contribution in [0.25, 0.3) is 0 Å². The number of hydrogen-bond donors (Lipinski definition) is 3. The monoisotopic (exact) mass is 361 g/mol. The number of anilines is 1. The Labute approximate surface area is 153 Å². The van der Waals surface area contributed by atoms with Crippen molar-refractivity contribution in [3.63, 3.8) is 0 Å². The quantitative estimate of drug-likeness (QED) is 0.623. The number of benzene rings is 1. The maximum Gasteiger partial charge on any atom is 0.258 e. The highest BCUT2D eigenvalue weighted by molar-refractivity contribution is 5.91. The van der Waals surface area contributed by atoms with Crippen LogP contribution >= 0.6 is 0 Å². The molecule has 2 aliphatic rings. The van der Waals surface area contributed by atoms with E-state index in [9.17, 15) is 9.59 Å². The molecule has 0 radical (unpaired) electrons. The number of methoxy groups -OCH3 is 1. The molecule has 1 aliphatic carbocycles. The Morgan fingerprint density at radius 3 is 2.73 bits per heavy atom. The molecule has 2 fully saturated rings. The highest BCUT2D eigenvalue weighted by Crippen LogP contribution is 2.30. The molecule has 7 nitrogen and oxygen atoms in total. The van der Waals surface area contributed by atoms with Gasteiger partial charge in [-0.3, -0.25) is 9.59 Å². The molecule has 2 amide bonds. The molecule has 142 valence electrons. The van der Waals surface area contributed by atoms with E-state index < -0.39 is 0 Å². The van der Waals surface area contributed by atoms with Gasteiger partial charge in [0.15, 0.2) is 18.1 Å². The third-order valence-electron chi connectivity index (χ3n) is 4.69. The lowest BCUT2D eigenvalue weighted by Gasteiger charge is -2.13. The number of carbonyl (C=O) groups excluding carboxylic acids is 2. The summed E-state index contributed by atoms with van der Waals surface area (Å²) in [7, 11) is 1.54. The second-order valence-electron chi connectivity index (χ2n) is 6.94. The first-order valence-electron chi connectivity index (χ1n) is 9.25. The van der Waals surface area contributed by atoms with Crippen molar-refractivity contribution < 1.29 is 19.1 Å². The van der Waals surface area contributed by atoms with Crippen molar-refractivity contribution in [2.75, 3.05) is 32.1 Å². The summed E-state index contributed by atoms with van der Waals surface area (Å²) in [6, 6.07) is 5.49. The van der Waals surface area contributed by atoms with Crippen molar-refractivity contribution in [1.82, 2.24) is 10.6 Å². The zero-order valence-electron chi connectivity index (χ0n) is 15.2. The molecule has 26 heavy (non-hydrogen) atoms. The van der Waals surface area contributed by atoms with Crippen LogP contribution in [0.4, 0.5) is 5.69 Å². The minimum absolute atomic E-state index is 0.0144. The van der Waals surface area contributed by atoms with E-state index in [1.165, 1.54) is 0 Å². The van der Waals surface area contributed by atoms with Crippen molar-refractivity contribution in [2.45, 2.75) is 38.1 Å². The van der Waals surface area contributed by atoms with Crippen molar-refractivity contribution in [3.8, 4) is 11.5 Å². The van der Waals surface area contributed by atoms with Gasteiger partial charge in [0.05, 0.1) is 7.11 Å². The fraction of sp³-hybridized carbons (Fsp3) is 0.579. The summed E-state index contributed by atoms with van der Waals surface area (Å²) in [6.45, 7) is 1.97. The number of carbonyl (C=O) groups is 2. The number of nitrogens with one attached hydrogen (secondary N) is 3. The molecule has 1 atom stereocenters. The minimum atomic E-state index is -0.144. The molecule has 0 bridgehead atoms. The fourth-order valence-corrected chi connectivity index (χ4v) is 3.03. The molecule has 1 heterocycles. The van der Waals surface area contributed by atoms with Crippen LogP contribution in [0.3, 0.4) is 0 Å². The van der Waals surface area contributed by atoms with Crippen molar-refractivity contribution in [2.24, 2.45) is 5.92 Å². The van der Waals surface area contributed by atoms with Gasteiger partial charge in [-0.15, -0.1) is 0 Å². The summed E-state index contributed by atoms with van der Waals surface area (Å²) in [4.78, 5) is 23.9. The van der Waals surface area contributed by atoms with Crippen molar-refractivity contribution in [3.05, 3.63) is 18.2 Å². The normalized spacial score (nSPS) is 19.0. The summed E-state index contributed by atoms with van der Waals surface area (Å²) >= 11 is 0. The second kappa shape index (κ2) is 8.89. The van der Waals surface area contributed by atoms with E-state index in [4.69, 9.17) is 9.47 Å². The van der Waals surface area contributed by atoms with E-state index in [1.807, 2.05) is 0 Å². The molecule has 1 unspecified atom stereocenters. The van der Waals surface area contributed by atoms with E-state index in [2.05, 4.69) is 16.0 Å². The van der Waals surface area contributed by atoms with Crippen LogP contribution in [0, 0.1) is 5.92 Å². The molecule has 0 aromatic heterocycles. The minimum Gasteiger partial charge on any atom is -0.493 e. The highest BCUT2D eigenvalue weighted by atomic mass is 16.5. The lowest BCUT2D eigenvalue weighted by Crippen LogP contribution is -2.30. The van der Waals surface area contributed by atoms with Gasteiger partial charge in [-0.05, 0) is 56.8 Å². The van der Waals surface area contributed by atoms with Crippen LogP contribution in [0.1, 0.15) is 32.1 Å². The SMILES string of the molecule is COc1ccc(NC(=O)CCC2CCNC2)cc1OCC(=O)NC1CC1. The van der Waals surface area contributed by atoms with Crippen LogP contribution in [0.15, 0.2) is 18.2 Å². The molecule has 3 N–H and O–H groups in total.